The Balaban J connectivity index is 1.59. The Labute approximate surface area is 244 Å². The number of hydrogen-bond donors (Lipinski definition) is 0. The van der Waals surface area contributed by atoms with Gasteiger partial charge in [-0.15, -0.1) is 0 Å². The Kier molecular flexibility index (Phi) is 12.4. The molecule has 0 spiro atoms. The number of aryl methyl sites for hydroxylation is 2. The van der Waals surface area contributed by atoms with Crippen molar-refractivity contribution < 1.29 is 40.6 Å². The summed E-state index contributed by atoms with van der Waals surface area (Å²) in [5, 5.41) is 0. The van der Waals surface area contributed by atoms with Crippen LogP contribution in [0.25, 0.3) is 0 Å². The quantitative estimate of drug-likeness (QED) is 0.275. The van der Waals surface area contributed by atoms with Crippen LogP contribution in [-0.4, -0.2) is 62.6 Å². The number of benzene rings is 3. The first-order valence-electron chi connectivity index (χ1n) is 12.4. The molecule has 0 aliphatic rings. The van der Waals surface area contributed by atoms with Crippen molar-refractivity contribution in [3.05, 3.63) is 95.6 Å². The molecule has 0 fully saturated rings. The summed E-state index contributed by atoms with van der Waals surface area (Å²) in [6.45, 7) is 3.37. The Bertz CT molecular complexity index is 1360. The van der Waals surface area contributed by atoms with E-state index in [-0.39, 0.29) is 24.7 Å². The molecule has 0 radical (unpaired) electrons. The Morgan fingerprint density at radius 2 is 1.27 bits per heavy atom. The molecule has 3 rings (SSSR count). The molecule has 11 nitrogen and oxygen atoms in total. The molecular weight excluding hydrogens is 572 g/mol. The minimum Gasteiger partial charge on any atom is -0.409 e. The van der Waals surface area contributed by atoms with Gasteiger partial charge in [0.15, 0.2) is 0 Å². The second-order valence-corrected chi connectivity index (χ2v) is 11.2. The van der Waals surface area contributed by atoms with Gasteiger partial charge in [-0.25, -0.2) is 26.6 Å². The van der Waals surface area contributed by atoms with Crippen LogP contribution in [0.1, 0.15) is 16.7 Å². The smallest absolute Gasteiger partial charge is 0.409 e. The summed E-state index contributed by atoms with van der Waals surface area (Å²) in [6.07, 6.45) is -2.87. The van der Waals surface area contributed by atoms with Crippen LogP contribution in [0.3, 0.4) is 0 Å². The molecule has 0 N–H and O–H groups in total. The van der Waals surface area contributed by atoms with Gasteiger partial charge in [-0.1, -0.05) is 54.6 Å². The number of carbonyl (C=O) groups excluding carboxylic acids is 2. The van der Waals surface area contributed by atoms with Crippen molar-refractivity contribution in [3.8, 4) is 11.5 Å². The molecule has 3 atom stereocenters. The van der Waals surface area contributed by atoms with Gasteiger partial charge in [0, 0.05) is 14.1 Å². The van der Waals surface area contributed by atoms with Crippen molar-refractivity contribution >= 4 is 34.7 Å². The zero-order chi connectivity index (χ0) is 29.8. The Morgan fingerprint density at radius 3 is 1.80 bits per heavy atom. The van der Waals surface area contributed by atoms with Gasteiger partial charge >= 0.3 is 12.2 Å². The molecule has 0 aliphatic heterocycles. The molecule has 0 saturated carbocycles. The van der Waals surface area contributed by atoms with E-state index in [0.29, 0.717) is 0 Å². The maximum absolute atomic E-state index is 12.8. The monoisotopic (exact) mass is 604 g/mol. The first-order chi connectivity index (χ1) is 19.6. The van der Waals surface area contributed by atoms with E-state index in [1.165, 1.54) is 14.1 Å². The van der Waals surface area contributed by atoms with E-state index < -0.39 is 47.4 Å². The van der Waals surface area contributed by atoms with E-state index in [4.69, 9.17) is 22.6 Å². The van der Waals surface area contributed by atoms with Gasteiger partial charge in [0.05, 0.1) is 19.8 Å². The van der Waals surface area contributed by atoms with Crippen molar-refractivity contribution in [2.75, 3.05) is 27.3 Å². The zero-order valence-electron chi connectivity index (χ0n) is 23.1. The molecule has 13 heteroatoms. The number of ether oxygens (including phenoxy) is 3. The zero-order valence-corrected chi connectivity index (χ0v) is 24.7. The predicted molar refractivity (Wildman–Crippen MR) is 153 cm³/mol. The first-order valence-corrected chi connectivity index (χ1v) is 14.5. The molecule has 0 aromatic heterocycles. The van der Waals surface area contributed by atoms with Crippen LogP contribution in [0.5, 0.6) is 11.5 Å². The minimum absolute atomic E-state index is 0.129. The third kappa shape index (κ3) is 10.7. The largest absolute Gasteiger partial charge is 0.428 e. The molecule has 3 aromatic rings. The highest BCUT2D eigenvalue weighted by molar-refractivity contribution is 7.78. The maximum atomic E-state index is 12.8. The van der Waals surface area contributed by atoms with Gasteiger partial charge < -0.3 is 14.2 Å². The summed E-state index contributed by atoms with van der Waals surface area (Å²) in [5.41, 5.74) is 2.64. The van der Waals surface area contributed by atoms with Crippen LogP contribution in [0.4, 0.5) is 9.59 Å². The fourth-order valence-electron chi connectivity index (χ4n) is 3.19. The summed E-state index contributed by atoms with van der Waals surface area (Å²) in [5.74, 6) is 0.561. The number of nitrogens with zero attached hydrogens (tertiary/aromatic N) is 2. The molecule has 41 heavy (non-hydrogen) atoms. The van der Waals surface area contributed by atoms with Crippen LogP contribution in [0.2, 0.25) is 0 Å². The van der Waals surface area contributed by atoms with Gasteiger partial charge in [-0.05, 0) is 54.8 Å². The lowest BCUT2D eigenvalue weighted by Crippen LogP contribution is -2.38. The Morgan fingerprint density at radius 1 is 0.732 bits per heavy atom. The normalized spacial score (nSPS) is 13.1. The number of hydrogen-bond acceptors (Lipinski definition) is 9. The van der Waals surface area contributed by atoms with Gasteiger partial charge in [0.25, 0.3) is 22.5 Å². The van der Waals surface area contributed by atoms with E-state index in [9.17, 15) is 18.0 Å². The second kappa shape index (κ2) is 16.0. The average Bonchev–Trinajstić information content (AvgIpc) is 2.95. The van der Waals surface area contributed by atoms with Crippen LogP contribution in [-0.2, 0) is 42.2 Å². The van der Waals surface area contributed by atoms with Crippen LogP contribution in [0.15, 0.2) is 78.9 Å². The molecule has 0 saturated heterocycles. The summed E-state index contributed by atoms with van der Waals surface area (Å²) in [6, 6.07) is 22.9. The van der Waals surface area contributed by atoms with Crippen molar-refractivity contribution in [1.82, 2.24) is 8.61 Å². The van der Waals surface area contributed by atoms with E-state index in [1.54, 1.807) is 36.4 Å². The number of carbonyl (C=O) groups is 2. The lowest BCUT2D eigenvalue weighted by molar-refractivity contribution is 0.0240. The summed E-state index contributed by atoms with van der Waals surface area (Å²) >= 11 is -4.60. The minimum atomic E-state index is -2.32. The topological polar surface area (TPSA) is 121 Å². The molecule has 2 amide bonds. The standard InChI is InChI=1S/C28H32N2O9S2/c1-21-10-8-14-24(16-21)37-27(31)29(3)40(33)36-20-26(19-35-18-23-12-6-5-7-13-23)39-41(34)30(4)28(32)38-25-15-9-11-22(2)17-25/h5-17,26H,18-20H2,1-4H3. The van der Waals surface area contributed by atoms with E-state index in [0.717, 1.165) is 25.3 Å². The third-order valence-corrected chi connectivity index (χ3v) is 7.31. The van der Waals surface area contributed by atoms with Crippen molar-refractivity contribution in [2.45, 2.75) is 26.6 Å². The van der Waals surface area contributed by atoms with Crippen LogP contribution < -0.4 is 9.47 Å². The van der Waals surface area contributed by atoms with Crippen molar-refractivity contribution in [3.63, 3.8) is 0 Å². The average molecular weight is 605 g/mol. The van der Waals surface area contributed by atoms with E-state index >= 15 is 0 Å². The van der Waals surface area contributed by atoms with Gasteiger partial charge in [0.2, 0.25) is 0 Å². The highest BCUT2D eigenvalue weighted by atomic mass is 32.2. The molecule has 3 unspecified atom stereocenters. The van der Waals surface area contributed by atoms with Crippen LogP contribution in [0, 0.1) is 13.8 Å². The van der Waals surface area contributed by atoms with E-state index in [1.807, 2.05) is 56.3 Å². The Hall–Kier alpha value is -3.62. The van der Waals surface area contributed by atoms with Crippen molar-refractivity contribution in [1.29, 1.82) is 0 Å². The van der Waals surface area contributed by atoms with Crippen LogP contribution >= 0.6 is 0 Å². The third-order valence-electron chi connectivity index (χ3n) is 5.34. The fourth-order valence-corrected chi connectivity index (χ4v) is 4.41. The van der Waals surface area contributed by atoms with Gasteiger partial charge in [0.1, 0.15) is 17.6 Å². The lowest BCUT2D eigenvalue weighted by Gasteiger charge is -2.21. The number of rotatable bonds is 13. The van der Waals surface area contributed by atoms with E-state index in [2.05, 4.69) is 0 Å². The molecule has 220 valence electrons. The fraction of sp³-hybridized carbons (Fsp3) is 0.286. The highest BCUT2D eigenvalue weighted by Gasteiger charge is 2.26. The summed E-state index contributed by atoms with van der Waals surface area (Å²) in [7, 11) is 2.48. The first kappa shape index (κ1) is 31.9. The molecular formula is C28H32N2O9S2. The van der Waals surface area contributed by atoms with Gasteiger partial charge in [-0.3, -0.25) is 8.37 Å². The lowest BCUT2D eigenvalue weighted by atomic mass is 10.2. The summed E-state index contributed by atoms with van der Waals surface area (Å²) in [4.78, 5) is 24.9. The molecule has 0 aliphatic carbocycles. The van der Waals surface area contributed by atoms with Gasteiger partial charge in [-0.2, -0.15) is 0 Å². The summed E-state index contributed by atoms with van der Waals surface area (Å²) < 4.78 is 54.0. The van der Waals surface area contributed by atoms with Crippen molar-refractivity contribution in [2.24, 2.45) is 0 Å². The highest BCUT2D eigenvalue weighted by Crippen LogP contribution is 2.16. The SMILES string of the molecule is Cc1cccc(OC(=O)N(C)S(=O)OCC(COCc2ccccc2)OS(=O)N(C)C(=O)Oc2cccc(C)c2)c1. The molecule has 0 bridgehead atoms. The predicted octanol–water partition coefficient (Wildman–Crippen LogP) is 4.64. The molecule has 3 aromatic carbocycles. The number of amides is 2. The second-order valence-electron chi connectivity index (χ2n) is 8.80. The molecule has 0 heterocycles. The maximum Gasteiger partial charge on any atom is 0.428 e.